The number of nitrogens with zero attached hydrogens (tertiary/aromatic N) is 2. The van der Waals surface area contributed by atoms with Gasteiger partial charge in [-0.1, -0.05) is 0 Å². The molecule has 6 nitrogen and oxygen atoms in total. The fourth-order valence-electron chi connectivity index (χ4n) is 4.01. The molecule has 0 bridgehead atoms. The Balaban J connectivity index is 1.47. The Morgan fingerprint density at radius 1 is 1.26 bits per heavy atom. The van der Waals surface area contributed by atoms with E-state index in [0.717, 1.165) is 38.9 Å². The lowest BCUT2D eigenvalue weighted by molar-refractivity contribution is -0.155. The first-order valence-electron chi connectivity index (χ1n) is 9.52. The minimum absolute atomic E-state index is 0.0337. The number of piperidine rings is 2. The van der Waals surface area contributed by atoms with E-state index in [1.165, 1.54) is 12.1 Å². The molecule has 27 heavy (non-hydrogen) atoms. The number of hydrogen-bond acceptors (Lipinski definition) is 4. The Labute approximate surface area is 158 Å². The maximum Gasteiger partial charge on any atom is 0.326 e. The molecule has 0 saturated carbocycles. The molecule has 2 aliphatic rings. The molecule has 2 heterocycles. The number of halogens is 1. The van der Waals surface area contributed by atoms with Crippen LogP contribution in [0.5, 0.6) is 5.75 Å². The molecule has 1 amide bonds. The summed E-state index contributed by atoms with van der Waals surface area (Å²) in [6.07, 6.45) is 3.19. The van der Waals surface area contributed by atoms with Gasteiger partial charge in [0.1, 0.15) is 24.2 Å². The largest absolute Gasteiger partial charge is 0.492 e. The molecule has 0 radical (unpaired) electrons. The van der Waals surface area contributed by atoms with E-state index >= 15 is 0 Å². The SMILES string of the molecule is CC(C(=O)O)N1CC2(CCC1=O)CCN(CCOc1ccc(F)cc1)CC2. The van der Waals surface area contributed by atoms with Gasteiger partial charge in [-0.25, -0.2) is 9.18 Å². The second kappa shape index (κ2) is 8.25. The van der Waals surface area contributed by atoms with Crippen LogP contribution in [0, 0.1) is 11.2 Å². The van der Waals surface area contributed by atoms with Gasteiger partial charge in [0.2, 0.25) is 5.91 Å². The molecule has 1 atom stereocenters. The monoisotopic (exact) mass is 378 g/mol. The lowest BCUT2D eigenvalue weighted by atomic mass is 9.72. The van der Waals surface area contributed by atoms with E-state index in [9.17, 15) is 19.1 Å². The smallest absolute Gasteiger partial charge is 0.326 e. The van der Waals surface area contributed by atoms with Crippen molar-refractivity contribution in [2.75, 3.05) is 32.8 Å². The Morgan fingerprint density at radius 2 is 1.93 bits per heavy atom. The summed E-state index contributed by atoms with van der Waals surface area (Å²) in [6.45, 7) is 5.29. The zero-order valence-electron chi connectivity index (χ0n) is 15.7. The maximum atomic E-state index is 12.9. The van der Waals surface area contributed by atoms with Crippen LogP contribution in [-0.4, -0.2) is 65.6 Å². The highest BCUT2D eigenvalue weighted by Crippen LogP contribution is 2.40. The summed E-state index contributed by atoms with van der Waals surface area (Å²) in [5, 5.41) is 9.25. The van der Waals surface area contributed by atoms with Gasteiger partial charge in [0.15, 0.2) is 0 Å². The number of rotatable bonds is 6. The van der Waals surface area contributed by atoms with E-state index in [0.29, 0.717) is 25.3 Å². The quantitative estimate of drug-likeness (QED) is 0.823. The van der Waals surface area contributed by atoms with Crippen LogP contribution >= 0.6 is 0 Å². The van der Waals surface area contributed by atoms with Crippen molar-refractivity contribution < 1.29 is 23.8 Å². The Kier molecular flexibility index (Phi) is 5.99. The number of carbonyl (C=O) groups excluding carboxylic acids is 1. The number of carbonyl (C=O) groups is 2. The Morgan fingerprint density at radius 3 is 2.56 bits per heavy atom. The van der Waals surface area contributed by atoms with E-state index in [2.05, 4.69) is 4.90 Å². The average molecular weight is 378 g/mol. The topological polar surface area (TPSA) is 70.1 Å². The summed E-state index contributed by atoms with van der Waals surface area (Å²) in [5.41, 5.74) is 0.0337. The molecule has 148 valence electrons. The number of hydrogen-bond donors (Lipinski definition) is 1. The van der Waals surface area contributed by atoms with Crippen molar-refractivity contribution >= 4 is 11.9 Å². The van der Waals surface area contributed by atoms with Crippen molar-refractivity contribution in [3.8, 4) is 5.75 Å². The fourth-order valence-corrected chi connectivity index (χ4v) is 4.01. The van der Waals surface area contributed by atoms with Gasteiger partial charge in [-0.05, 0) is 69.0 Å². The summed E-state index contributed by atoms with van der Waals surface area (Å²) in [5.74, 6) is -0.615. The summed E-state index contributed by atoms with van der Waals surface area (Å²) in [4.78, 5) is 27.3. The molecular weight excluding hydrogens is 351 g/mol. The summed E-state index contributed by atoms with van der Waals surface area (Å²) < 4.78 is 18.6. The standard InChI is InChI=1S/C20H27FN2O4/c1-15(19(25)26)23-14-20(7-6-18(23)24)8-10-22(11-9-20)12-13-27-17-4-2-16(21)3-5-17/h2-5,15H,6-14H2,1H3,(H,25,26). The molecule has 0 aromatic heterocycles. The minimum Gasteiger partial charge on any atom is -0.492 e. The van der Waals surface area contributed by atoms with Crippen molar-refractivity contribution in [1.29, 1.82) is 0 Å². The average Bonchev–Trinajstić information content (AvgIpc) is 2.66. The van der Waals surface area contributed by atoms with E-state index in [-0.39, 0.29) is 17.1 Å². The zero-order chi connectivity index (χ0) is 19.4. The van der Waals surface area contributed by atoms with Crippen LogP contribution in [0.2, 0.25) is 0 Å². The number of benzene rings is 1. The second-order valence-corrected chi connectivity index (χ2v) is 7.68. The number of likely N-dealkylation sites (tertiary alicyclic amines) is 2. The van der Waals surface area contributed by atoms with E-state index < -0.39 is 12.0 Å². The lowest BCUT2D eigenvalue weighted by Gasteiger charge is -2.48. The van der Waals surface area contributed by atoms with Crippen LogP contribution < -0.4 is 4.74 Å². The van der Waals surface area contributed by atoms with Gasteiger partial charge in [-0.2, -0.15) is 0 Å². The number of carboxylic acids is 1. The van der Waals surface area contributed by atoms with Crippen LogP contribution in [-0.2, 0) is 9.59 Å². The number of ether oxygens (including phenoxy) is 1. The van der Waals surface area contributed by atoms with Gasteiger partial charge >= 0.3 is 5.97 Å². The van der Waals surface area contributed by atoms with Crippen molar-refractivity contribution in [2.24, 2.45) is 5.41 Å². The molecule has 2 saturated heterocycles. The molecule has 1 N–H and O–H groups in total. The highest BCUT2D eigenvalue weighted by Gasteiger charge is 2.43. The predicted octanol–water partition coefficient (Wildman–Crippen LogP) is 2.38. The van der Waals surface area contributed by atoms with Crippen molar-refractivity contribution in [3.63, 3.8) is 0 Å². The summed E-state index contributed by atoms with van der Waals surface area (Å²) in [7, 11) is 0. The molecule has 7 heteroatoms. The first kappa shape index (κ1) is 19.6. The van der Waals surface area contributed by atoms with Gasteiger partial charge in [0.25, 0.3) is 0 Å². The molecule has 1 unspecified atom stereocenters. The van der Waals surface area contributed by atoms with E-state index in [1.807, 2.05) is 0 Å². The first-order chi connectivity index (χ1) is 12.9. The molecule has 2 aliphatic heterocycles. The van der Waals surface area contributed by atoms with Crippen molar-refractivity contribution in [2.45, 2.75) is 38.6 Å². The van der Waals surface area contributed by atoms with Crippen molar-refractivity contribution in [1.82, 2.24) is 9.80 Å². The van der Waals surface area contributed by atoms with Gasteiger partial charge < -0.3 is 14.7 Å². The fraction of sp³-hybridized carbons (Fsp3) is 0.600. The normalized spacial score (nSPS) is 21.3. The first-order valence-corrected chi connectivity index (χ1v) is 9.52. The minimum atomic E-state index is -0.948. The maximum absolute atomic E-state index is 12.9. The Bertz CT molecular complexity index is 671. The number of carboxylic acid groups (broad SMARTS) is 1. The molecule has 1 aromatic rings. The van der Waals surface area contributed by atoms with Gasteiger partial charge in [-0.3, -0.25) is 9.69 Å². The highest BCUT2D eigenvalue weighted by molar-refractivity contribution is 5.84. The van der Waals surface area contributed by atoms with Crippen LogP contribution in [0.3, 0.4) is 0 Å². The lowest BCUT2D eigenvalue weighted by Crippen LogP contribution is -2.55. The third-order valence-corrected chi connectivity index (χ3v) is 5.93. The van der Waals surface area contributed by atoms with Crippen LogP contribution in [0.4, 0.5) is 4.39 Å². The van der Waals surface area contributed by atoms with Gasteiger partial charge in [0, 0.05) is 19.5 Å². The second-order valence-electron chi connectivity index (χ2n) is 7.68. The van der Waals surface area contributed by atoms with Crippen molar-refractivity contribution in [3.05, 3.63) is 30.1 Å². The molecule has 1 aromatic carbocycles. The third kappa shape index (κ3) is 4.77. The summed E-state index contributed by atoms with van der Waals surface area (Å²) in [6, 6.07) is 5.25. The third-order valence-electron chi connectivity index (χ3n) is 5.93. The molecule has 0 aliphatic carbocycles. The van der Waals surface area contributed by atoms with Crippen LogP contribution in [0.1, 0.15) is 32.6 Å². The molecule has 1 spiro atoms. The molecular formula is C20H27FN2O4. The Hall–Kier alpha value is -2.15. The zero-order valence-corrected chi connectivity index (χ0v) is 15.7. The van der Waals surface area contributed by atoms with Gasteiger partial charge in [0.05, 0.1) is 0 Å². The number of amides is 1. The predicted molar refractivity (Wildman–Crippen MR) is 98.0 cm³/mol. The van der Waals surface area contributed by atoms with Crippen LogP contribution in [0.15, 0.2) is 24.3 Å². The van der Waals surface area contributed by atoms with Gasteiger partial charge in [-0.15, -0.1) is 0 Å². The van der Waals surface area contributed by atoms with E-state index in [1.54, 1.807) is 24.0 Å². The highest BCUT2D eigenvalue weighted by atomic mass is 19.1. The number of aliphatic carboxylic acids is 1. The van der Waals surface area contributed by atoms with E-state index in [4.69, 9.17) is 4.74 Å². The van der Waals surface area contributed by atoms with Crippen LogP contribution in [0.25, 0.3) is 0 Å². The molecule has 2 fully saturated rings. The summed E-state index contributed by atoms with van der Waals surface area (Å²) >= 11 is 0. The molecule has 3 rings (SSSR count).